The second-order valence-electron chi connectivity index (χ2n) is 36.3. The maximum absolute atomic E-state index is 13.7. The molecule has 0 aliphatic rings. The topological polar surface area (TPSA) is 574 Å². The first kappa shape index (κ1) is 131. The van der Waals surface area contributed by atoms with Crippen LogP contribution in [-0.4, -0.2) is 331 Å². The Hall–Kier alpha value is -9.54. The molecular formula is C95H163N9O30. The summed E-state index contributed by atoms with van der Waals surface area (Å²) in [4.78, 5) is 271. The van der Waals surface area contributed by atoms with Gasteiger partial charge in [0.25, 0.3) is 0 Å². The Balaban J connectivity index is -0.000000893. The minimum atomic E-state index is -1.38. The molecule has 0 fully saturated rings. The number of amides is 2. The molecule has 768 valence electrons. The van der Waals surface area contributed by atoms with Crippen LogP contribution in [0, 0.1) is 17.8 Å². The highest BCUT2D eigenvalue weighted by Gasteiger charge is 2.36. The highest BCUT2D eigenvalue weighted by molar-refractivity contribution is 5.93. The van der Waals surface area contributed by atoms with Crippen LogP contribution in [-0.2, 0) is 120 Å². The van der Waals surface area contributed by atoms with Crippen molar-refractivity contribution in [2.24, 2.45) is 23.5 Å². The molecule has 0 saturated heterocycles. The minimum Gasteiger partial charge on any atom is -0.481 e. The van der Waals surface area contributed by atoms with Crippen molar-refractivity contribution < 1.29 is 145 Å². The van der Waals surface area contributed by atoms with Crippen molar-refractivity contribution in [1.82, 2.24) is 40.0 Å². The fraction of sp³-hybridized carbons (Fsp3) is 0.768. The Morgan fingerprint density at radius 3 is 0.821 bits per heavy atom. The molecule has 39 nitrogen and oxygen atoms in total. The Kier molecular flexibility index (Phi) is 73.8. The molecule has 0 spiro atoms. The zero-order chi connectivity index (χ0) is 103. The number of hydrogen-bond donors (Lipinski definition) is 8. The summed E-state index contributed by atoms with van der Waals surface area (Å²) >= 11 is 0. The van der Waals surface area contributed by atoms with Crippen molar-refractivity contribution in [3.05, 3.63) is 0 Å². The van der Waals surface area contributed by atoms with Crippen LogP contribution in [0.5, 0.6) is 0 Å². The predicted molar refractivity (Wildman–Crippen MR) is 499 cm³/mol. The summed E-state index contributed by atoms with van der Waals surface area (Å²) in [5.74, 6) is -12.3. The van der Waals surface area contributed by atoms with Crippen LogP contribution in [0.3, 0.4) is 0 Å². The number of carbonyl (C=O) groups excluding carboxylic acids is 17. The van der Waals surface area contributed by atoms with Crippen LogP contribution in [0.2, 0.25) is 0 Å². The first-order valence-electron chi connectivity index (χ1n) is 46.9. The average molecular weight is 1910 g/mol. The van der Waals surface area contributed by atoms with Crippen LogP contribution in [0.15, 0.2) is 0 Å². The Bertz CT molecular complexity index is 3610. The maximum Gasteiger partial charge on any atom is 0.320 e. The van der Waals surface area contributed by atoms with Gasteiger partial charge in [-0.15, -0.1) is 0 Å². The summed E-state index contributed by atoms with van der Waals surface area (Å²) in [6.45, 7) is 29.3. The second kappa shape index (κ2) is 75.6. The first-order valence-corrected chi connectivity index (χ1v) is 46.9. The molecule has 2 amide bonds. The second-order valence-corrected chi connectivity index (χ2v) is 36.3. The monoisotopic (exact) mass is 1910 g/mol. The largest absolute Gasteiger partial charge is 0.481 e. The highest BCUT2D eigenvalue weighted by Crippen LogP contribution is 2.25. The third-order valence-electron chi connectivity index (χ3n) is 20.1. The number of nitrogens with zero attached hydrogens (tertiary/aromatic N) is 6. The number of carbonyl (C=O) groups is 22. The van der Waals surface area contributed by atoms with Crippen LogP contribution in [0.25, 0.3) is 0 Å². The number of nitrogens with one attached hydrogen (secondary N) is 2. The van der Waals surface area contributed by atoms with E-state index in [9.17, 15) is 121 Å². The molecule has 9 N–H and O–H groups in total. The molecule has 0 aliphatic carbocycles. The van der Waals surface area contributed by atoms with Gasteiger partial charge in [-0.05, 0) is 226 Å². The fourth-order valence-electron chi connectivity index (χ4n) is 14.4. The van der Waals surface area contributed by atoms with E-state index in [4.69, 9.17) is 25.4 Å². The number of ether oxygens (including phenoxy) is 3. The summed E-state index contributed by atoms with van der Waals surface area (Å²) in [5.41, 5.74) is 4.29. The Morgan fingerprint density at radius 2 is 0.567 bits per heavy atom. The van der Waals surface area contributed by atoms with Gasteiger partial charge in [0.1, 0.15) is 57.5 Å². The van der Waals surface area contributed by atoms with Crippen molar-refractivity contribution in [2.45, 2.75) is 340 Å². The summed E-state index contributed by atoms with van der Waals surface area (Å²) < 4.78 is 15.2. The maximum atomic E-state index is 13.7. The van der Waals surface area contributed by atoms with Gasteiger partial charge in [-0.25, -0.2) is 0 Å². The smallest absolute Gasteiger partial charge is 0.320 e. The number of carboxylic acid groups (broad SMARTS) is 5. The average Bonchev–Trinajstić information content (AvgIpc) is 0.861. The third-order valence-corrected chi connectivity index (χ3v) is 20.1. The number of esters is 4. The van der Waals surface area contributed by atoms with Crippen LogP contribution in [0.4, 0.5) is 0 Å². The van der Waals surface area contributed by atoms with Gasteiger partial charge >= 0.3 is 53.7 Å². The van der Waals surface area contributed by atoms with Crippen molar-refractivity contribution in [3.8, 4) is 0 Å². The molecule has 134 heavy (non-hydrogen) atoms. The SMILES string of the molecule is CC(=O)CN(CCCC[C@@H](C(=O)C[C@@H](CCCCN)C(C)=O)N(CC(C)=O)CC(C)=O)CC(=O)OC(C)(C)C.CCCC(=O)NCCCC[C@H](CC(=O)[C@H](CCCCN(CC(=O)O)CC(=O)O)N(CC(=O)O)CC(=O)O)C(=O)O.CCCC(=O)NCCCC[C@H](CC(=O)[C@H](CCCCN(CC(C)=O)CC(=O)OC(C)(C)C)N(CC(C)=O)CC(C)=O)C(C)=O.CCCC(=O)OC(=O)CCC. The van der Waals surface area contributed by atoms with E-state index in [-0.39, 0.29) is 167 Å². The number of hydrogen-bond acceptors (Lipinski definition) is 32. The van der Waals surface area contributed by atoms with Gasteiger partial charge in [0.05, 0.1) is 103 Å². The van der Waals surface area contributed by atoms with E-state index in [0.717, 1.165) is 37.0 Å². The summed E-state index contributed by atoms with van der Waals surface area (Å²) in [6, 6.07) is -2.65. The normalized spacial score (nSPS) is 12.6. The molecule has 6 atom stereocenters. The van der Waals surface area contributed by atoms with Gasteiger partial charge in [-0.1, -0.05) is 66.2 Å². The molecule has 0 aromatic rings. The Labute approximate surface area is 792 Å². The number of Topliss-reactive ketones (excluding diaryl/α,β-unsaturated/α-hetero) is 11. The summed E-state index contributed by atoms with van der Waals surface area (Å²) in [6.07, 6.45) is 12.3. The molecule has 0 rings (SSSR count). The van der Waals surface area contributed by atoms with Crippen molar-refractivity contribution in [2.75, 3.05) is 118 Å². The van der Waals surface area contributed by atoms with E-state index in [2.05, 4.69) is 15.4 Å². The van der Waals surface area contributed by atoms with Crippen molar-refractivity contribution >= 4 is 129 Å². The molecule has 0 bridgehead atoms. The lowest BCUT2D eigenvalue weighted by molar-refractivity contribution is -0.160. The Morgan fingerprint density at radius 1 is 0.306 bits per heavy atom. The van der Waals surface area contributed by atoms with Crippen molar-refractivity contribution in [3.63, 3.8) is 0 Å². The van der Waals surface area contributed by atoms with E-state index in [1.807, 2.05) is 27.7 Å². The molecule has 39 heteroatoms. The van der Waals surface area contributed by atoms with E-state index in [0.29, 0.717) is 142 Å². The number of carboxylic acids is 5. The highest BCUT2D eigenvalue weighted by atomic mass is 16.6. The summed E-state index contributed by atoms with van der Waals surface area (Å²) in [5, 5.41) is 51.6. The number of aliphatic carboxylic acids is 5. The number of ketones is 11. The molecule has 0 unspecified atom stereocenters. The molecule has 0 saturated carbocycles. The van der Waals surface area contributed by atoms with Gasteiger partial charge in [0.15, 0.2) is 17.3 Å². The van der Waals surface area contributed by atoms with Crippen LogP contribution < -0.4 is 16.4 Å². The minimum absolute atomic E-state index is 0.000995. The molecule has 0 aromatic carbocycles. The van der Waals surface area contributed by atoms with E-state index >= 15 is 0 Å². The molecule has 0 heterocycles. The van der Waals surface area contributed by atoms with Crippen LogP contribution >= 0.6 is 0 Å². The zero-order valence-corrected chi connectivity index (χ0v) is 83.4. The van der Waals surface area contributed by atoms with Crippen LogP contribution in [0.1, 0.15) is 311 Å². The molecular weight excluding hydrogens is 1750 g/mol. The lowest BCUT2D eigenvalue weighted by Crippen LogP contribution is -2.47. The van der Waals surface area contributed by atoms with Gasteiger partial charge in [0.2, 0.25) is 11.8 Å². The summed E-state index contributed by atoms with van der Waals surface area (Å²) in [7, 11) is 0. The lowest BCUT2D eigenvalue weighted by atomic mass is 9.88. The van der Waals surface area contributed by atoms with Gasteiger partial charge in [-0.3, -0.25) is 135 Å². The number of unbranched alkanes of at least 4 members (excludes halogenated alkanes) is 6. The van der Waals surface area contributed by atoms with Gasteiger partial charge in [0, 0.05) is 69.9 Å². The van der Waals surface area contributed by atoms with Gasteiger partial charge < -0.3 is 56.1 Å². The van der Waals surface area contributed by atoms with E-state index in [1.165, 1.54) is 60.3 Å². The molecule has 0 aromatic heterocycles. The number of nitrogens with two attached hydrogens (primary N) is 1. The fourth-order valence-corrected chi connectivity index (χ4v) is 14.4. The zero-order valence-electron chi connectivity index (χ0n) is 83.4. The standard InChI is InChI=1S/C33H57N3O8.C29H51N3O7.C25H41N3O12.C8H14O3/c1-9-14-31(42)34-17-12-10-15-28(27(5)40)19-30(41)29(36(21-25(3)38)22-26(4)39)16-11-13-18-35(20-24(2)37)23-32(43)44-33(6,7)8;1-21(33)17-31(20-28(38)39-29(5,6)7)15-11-9-13-26(32(18-22(2)34)19-23(3)35)27(37)16-25(24(4)36)12-8-10-14-30;1-2-7-20(30)26-10-5-3-8-17(25(39)40)12-19(29)18(28(15-23(35)36)16-24(37)38)9-4-6-11-27(13-21(31)32)14-22(33)34;1-3-5-7(9)11-8(10)6-4-2/h28-29H,9-23H2,1-8H3,(H,34,42);25-26H,8-20,30H2,1-7H3;17-18H,2-16H2,1H3,(H,26,30)(H,31,32)(H,33,34)(H,35,36)(H,37,38)(H,39,40);3-6H2,1-2H3/t28-,29+;25-,26+;17-,18+;/m111./s1. The molecule has 0 radical (unpaired) electrons. The molecule has 0 aliphatic heterocycles. The first-order chi connectivity index (χ1) is 62.5. The quantitative estimate of drug-likeness (QED) is 0.0124. The van der Waals surface area contributed by atoms with E-state index < -0.39 is 139 Å². The number of rotatable bonds is 76. The van der Waals surface area contributed by atoms with E-state index in [1.54, 1.807) is 61.1 Å². The lowest BCUT2D eigenvalue weighted by Gasteiger charge is -2.30. The predicted octanol–water partition coefficient (Wildman–Crippen LogP) is 7.89. The third kappa shape index (κ3) is 75.7. The van der Waals surface area contributed by atoms with Gasteiger partial charge in [-0.2, -0.15) is 0 Å². The van der Waals surface area contributed by atoms with Crippen molar-refractivity contribution in [1.29, 1.82) is 0 Å².